The average Bonchev–Trinajstić information content (AvgIpc) is 2.95. The molecule has 0 spiro atoms. The molecule has 1 aliphatic rings. The molecule has 1 saturated heterocycles. The molecular weight excluding hydrogens is 316 g/mol. The maximum Gasteiger partial charge on any atom is 0.213 e. The summed E-state index contributed by atoms with van der Waals surface area (Å²) in [6.45, 7) is 13.4. The molecule has 7 nitrogen and oxygen atoms in total. The van der Waals surface area contributed by atoms with Gasteiger partial charge in [-0.15, -0.1) is 0 Å². The number of likely N-dealkylation sites (N-methyl/N-ethyl adjacent to an activating group) is 1. The molecule has 0 amide bonds. The lowest BCUT2D eigenvalue weighted by Gasteiger charge is -2.20. The zero-order valence-corrected chi connectivity index (χ0v) is 16.4. The maximum atomic E-state index is 5.80. The third-order valence-electron chi connectivity index (χ3n) is 4.46. The van der Waals surface area contributed by atoms with Gasteiger partial charge in [0, 0.05) is 38.6 Å². The van der Waals surface area contributed by atoms with Crippen molar-refractivity contribution in [2.45, 2.75) is 39.2 Å². The molecule has 0 bridgehead atoms. The minimum atomic E-state index is -0.0214. The molecule has 0 aliphatic carbocycles. The van der Waals surface area contributed by atoms with Gasteiger partial charge in [-0.1, -0.05) is 20.8 Å². The van der Waals surface area contributed by atoms with E-state index < -0.39 is 0 Å². The molecule has 7 heteroatoms. The quantitative estimate of drug-likeness (QED) is 0.616. The van der Waals surface area contributed by atoms with Gasteiger partial charge in [0.2, 0.25) is 5.89 Å². The summed E-state index contributed by atoms with van der Waals surface area (Å²) in [6.07, 6.45) is 3.05. The second-order valence-corrected chi connectivity index (χ2v) is 7.72. The first kappa shape index (κ1) is 19.7. The summed E-state index contributed by atoms with van der Waals surface area (Å²) in [6, 6.07) is 0. The van der Waals surface area contributed by atoms with Crippen LogP contribution in [0.3, 0.4) is 0 Å². The topological polar surface area (TPSA) is 68.9 Å². The van der Waals surface area contributed by atoms with E-state index in [1.807, 2.05) is 6.20 Å². The van der Waals surface area contributed by atoms with Crippen LogP contribution in [0.25, 0.3) is 0 Å². The number of oxazole rings is 1. The molecule has 2 rings (SSSR count). The van der Waals surface area contributed by atoms with E-state index in [0.29, 0.717) is 12.4 Å². The number of nitrogens with zero attached hydrogens (tertiary/aromatic N) is 4. The minimum absolute atomic E-state index is 0.0214. The van der Waals surface area contributed by atoms with E-state index in [0.717, 1.165) is 37.9 Å². The SMILES string of the molecule is CN=C(NCCN1CCCN(C)CC1)NCc1ncc(C(C)(C)C)o1. The van der Waals surface area contributed by atoms with Gasteiger partial charge >= 0.3 is 0 Å². The summed E-state index contributed by atoms with van der Waals surface area (Å²) in [5.74, 6) is 2.37. The molecule has 0 radical (unpaired) electrons. The second kappa shape index (κ2) is 9.20. The van der Waals surface area contributed by atoms with Crippen LogP contribution in [0.15, 0.2) is 15.6 Å². The Kier molecular flexibility index (Phi) is 7.25. The van der Waals surface area contributed by atoms with Crippen LogP contribution in [0.1, 0.15) is 38.8 Å². The fourth-order valence-corrected chi connectivity index (χ4v) is 2.77. The van der Waals surface area contributed by atoms with Gasteiger partial charge in [0.15, 0.2) is 5.96 Å². The number of aliphatic imine (C=N–C) groups is 1. The Morgan fingerprint density at radius 3 is 2.72 bits per heavy atom. The Morgan fingerprint density at radius 1 is 1.24 bits per heavy atom. The predicted molar refractivity (Wildman–Crippen MR) is 102 cm³/mol. The highest BCUT2D eigenvalue weighted by Crippen LogP contribution is 2.22. The second-order valence-electron chi connectivity index (χ2n) is 7.72. The smallest absolute Gasteiger partial charge is 0.213 e. The van der Waals surface area contributed by atoms with E-state index in [1.165, 1.54) is 19.5 Å². The van der Waals surface area contributed by atoms with Crippen molar-refractivity contribution in [3.63, 3.8) is 0 Å². The lowest BCUT2D eigenvalue weighted by atomic mass is 9.94. The molecule has 1 aliphatic heterocycles. The number of aromatic nitrogens is 1. The van der Waals surface area contributed by atoms with E-state index in [1.54, 1.807) is 7.05 Å². The van der Waals surface area contributed by atoms with Crippen LogP contribution in [-0.4, -0.2) is 74.1 Å². The van der Waals surface area contributed by atoms with Gasteiger partial charge in [-0.2, -0.15) is 0 Å². The largest absolute Gasteiger partial charge is 0.443 e. The molecule has 0 atom stereocenters. The molecule has 25 heavy (non-hydrogen) atoms. The Hall–Kier alpha value is -1.60. The number of guanidine groups is 1. The molecule has 0 unspecified atom stereocenters. The maximum absolute atomic E-state index is 5.80. The van der Waals surface area contributed by atoms with Crippen molar-refractivity contribution < 1.29 is 4.42 Å². The first-order valence-electron chi connectivity index (χ1n) is 9.19. The van der Waals surface area contributed by atoms with Crippen molar-refractivity contribution in [1.29, 1.82) is 0 Å². The predicted octanol–water partition coefficient (Wildman–Crippen LogP) is 1.27. The van der Waals surface area contributed by atoms with E-state index in [4.69, 9.17) is 4.42 Å². The summed E-state index contributed by atoms with van der Waals surface area (Å²) < 4.78 is 5.80. The Labute approximate surface area is 151 Å². The normalized spacial score (nSPS) is 18.2. The Bertz CT molecular complexity index is 548. The van der Waals surface area contributed by atoms with Gasteiger partial charge in [0.1, 0.15) is 5.76 Å². The Balaban J connectivity index is 1.71. The fourth-order valence-electron chi connectivity index (χ4n) is 2.77. The van der Waals surface area contributed by atoms with E-state index in [9.17, 15) is 0 Å². The lowest BCUT2D eigenvalue weighted by Crippen LogP contribution is -2.42. The molecule has 0 aromatic carbocycles. The van der Waals surface area contributed by atoms with E-state index >= 15 is 0 Å². The van der Waals surface area contributed by atoms with E-state index in [-0.39, 0.29) is 5.41 Å². The van der Waals surface area contributed by atoms with Crippen molar-refractivity contribution in [2.75, 3.05) is 53.4 Å². The average molecular weight is 351 g/mol. The van der Waals surface area contributed by atoms with Gasteiger partial charge in [-0.3, -0.25) is 4.99 Å². The zero-order chi connectivity index (χ0) is 18.3. The molecule has 2 N–H and O–H groups in total. The first-order chi connectivity index (χ1) is 11.9. The molecule has 142 valence electrons. The fraction of sp³-hybridized carbons (Fsp3) is 0.778. The van der Waals surface area contributed by atoms with Crippen molar-refractivity contribution in [2.24, 2.45) is 4.99 Å². The minimum Gasteiger partial charge on any atom is -0.443 e. The van der Waals surface area contributed by atoms with Gasteiger partial charge in [0.05, 0.1) is 12.7 Å². The Morgan fingerprint density at radius 2 is 2.04 bits per heavy atom. The van der Waals surface area contributed by atoms with Gasteiger partial charge in [-0.25, -0.2) is 4.98 Å². The number of rotatable bonds is 5. The van der Waals surface area contributed by atoms with Crippen LogP contribution in [0.4, 0.5) is 0 Å². The standard InChI is InChI=1S/C18H34N6O/c1-18(2,3)15-13-21-16(25-15)14-22-17(19-4)20-7-10-24-9-6-8-23(5)11-12-24/h13H,6-12,14H2,1-5H3,(H2,19,20,22). The highest BCUT2D eigenvalue weighted by Gasteiger charge is 2.19. The summed E-state index contributed by atoms with van der Waals surface area (Å²) in [5, 5.41) is 6.63. The monoisotopic (exact) mass is 350 g/mol. The van der Waals surface area contributed by atoms with Gasteiger partial charge < -0.3 is 24.9 Å². The third-order valence-corrected chi connectivity index (χ3v) is 4.46. The third kappa shape index (κ3) is 6.66. The number of nitrogens with one attached hydrogen (secondary N) is 2. The molecule has 1 fully saturated rings. The van der Waals surface area contributed by atoms with Crippen molar-refractivity contribution in [3.05, 3.63) is 17.8 Å². The summed E-state index contributed by atoms with van der Waals surface area (Å²) in [4.78, 5) is 13.5. The summed E-state index contributed by atoms with van der Waals surface area (Å²) in [5.41, 5.74) is -0.0214. The summed E-state index contributed by atoms with van der Waals surface area (Å²) in [7, 11) is 3.98. The summed E-state index contributed by atoms with van der Waals surface area (Å²) >= 11 is 0. The van der Waals surface area contributed by atoms with Crippen molar-refractivity contribution in [3.8, 4) is 0 Å². The molecule has 1 aromatic heterocycles. The van der Waals surface area contributed by atoms with Crippen LogP contribution in [0.5, 0.6) is 0 Å². The van der Waals surface area contributed by atoms with Crippen LogP contribution < -0.4 is 10.6 Å². The van der Waals surface area contributed by atoms with Crippen molar-refractivity contribution >= 4 is 5.96 Å². The zero-order valence-electron chi connectivity index (χ0n) is 16.4. The number of hydrogen-bond donors (Lipinski definition) is 2. The molecule has 0 saturated carbocycles. The molecule has 2 heterocycles. The highest BCUT2D eigenvalue weighted by molar-refractivity contribution is 5.79. The number of hydrogen-bond acceptors (Lipinski definition) is 5. The van der Waals surface area contributed by atoms with Gasteiger partial charge in [-0.05, 0) is 26.6 Å². The van der Waals surface area contributed by atoms with E-state index in [2.05, 4.69) is 58.2 Å². The molecule has 1 aromatic rings. The first-order valence-corrected chi connectivity index (χ1v) is 9.19. The lowest BCUT2D eigenvalue weighted by molar-refractivity contribution is 0.280. The van der Waals surface area contributed by atoms with Crippen molar-refractivity contribution in [1.82, 2.24) is 25.4 Å². The van der Waals surface area contributed by atoms with Gasteiger partial charge in [0.25, 0.3) is 0 Å². The highest BCUT2D eigenvalue weighted by atomic mass is 16.4. The van der Waals surface area contributed by atoms with Crippen LogP contribution in [0.2, 0.25) is 0 Å². The van der Waals surface area contributed by atoms with Crippen LogP contribution in [-0.2, 0) is 12.0 Å². The van der Waals surface area contributed by atoms with Crippen LogP contribution in [0, 0.1) is 0 Å². The molecular formula is C18H34N6O. The van der Waals surface area contributed by atoms with Crippen LogP contribution >= 0.6 is 0 Å².